The van der Waals surface area contributed by atoms with Gasteiger partial charge in [-0.25, -0.2) is 0 Å². The number of carbonyl (C=O) groups excluding carboxylic acids is 2. The highest BCUT2D eigenvalue weighted by Gasteiger charge is 2.33. The Kier molecular flexibility index (Phi) is 3.03. The third kappa shape index (κ3) is 1.95. The molecule has 0 amide bonds. The summed E-state index contributed by atoms with van der Waals surface area (Å²) < 4.78 is 0. The Hall–Kier alpha value is -3.34. The molecule has 116 valence electrons. The van der Waals surface area contributed by atoms with Crippen LogP contribution in [-0.2, 0) is 0 Å². The summed E-state index contributed by atoms with van der Waals surface area (Å²) in [5.74, 6) is -0.723. The first-order valence-electron chi connectivity index (χ1n) is 7.45. The molecular formula is C19H12N2O3. The third-order valence-corrected chi connectivity index (χ3v) is 4.20. The summed E-state index contributed by atoms with van der Waals surface area (Å²) in [7, 11) is 0. The Bertz CT molecular complexity index is 1070. The lowest BCUT2D eigenvalue weighted by molar-refractivity contribution is 0.0970. The summed E-state index contributed by atoms with van der Waals surface area (Å²) >= 11 is 0. The molecule has 1 aliphatic rings. The number of aryl methyl sites for hydroxylation is 1. The summed E-state index contributed by atoms with van der Waals surface area (Å²) in [5.41, 5.74) is 1.96. The minimum atomic E-state index is -0.431. The number of benzene rings is 1. The molecule has 0 fully saturated rings. The van der Waals surface area contributed by atoms with E-state index in [1.165, 1.54) is 12.3 Å². The molecule has 4 rings (SSSR count). The number of H-pyrrole nitrogens is 1. The molecule has 0 spiro atoms. The summed E-state index contributed by atoms with van der Waals surface area (Å²) in [6, 6.07) is 12.2. The van der Waals surface area contributed by atoms with Crippen molar-refractivity contribution < 1.29 is 9.59 Å². The van der Waals surface area contributed by atoms with Crippen LogP contribution in [0.1, 0.15) is 37.7 Å². The van der Waals surface area contributed by atoms with E-state index < -0.39 is 11.3 Å². The fourth-order valence-corrected chi connectivity index (χ4v) is 2.99. The number of nitrogens with zero attached hydrogens (tertiary/aromatic N) is 1. The van der Waals surface area contributed by atoms with Gasteiger partial charge in [-0.2, -0.15) is 0 Å². The molecule has 3 aromatic rings. The van der Waals surface area contributed by atoms with Crippen molar-refractivity contribution in [3.63, 3.8) is 0 Å². The highest BCUT2D eigenvalue weighted by Crippen LogP contribution is 2.28. The Morgan fingerprint density at radius 1 is 0.917 bits per heavy atom. The predicted molar refractivity (Wildman–Crippen MR) is 88.3 cm³/mol. The molecule has 1 aromatic carbocycles. The highest BCUT2D eigenvalue weighted by atomic mass is 16.1. The molecule has 0 radical (unpaired) electrons. The average molecular weight is 316 g/mol. The van der Waals surface area contributed by atoms with E-state index in [2.05, 4.69) is 9.97 Å². The van der Waals surface area contributed by atoms with Crippen LogP contribution in [0.3, 0.4) is 0 Å². The fourth-order valence-electron chi connectivity index (χ4n) is 2.99. The van der Waals surface area contributed by atoms with Gasteiger partial charge in [-0.15, -0.1) is 0 Å². The van der Waals surface area contributed by atoms with Gasteiger partial charge in [0.15, 0.2) is 5.78 Å². The first-order chi connectivity index (χ1) is 11.6. The number of ketones is 2. The standard InChI is InChI=1S/C19H12N2O3/c1-10-7-8-20-16-14(10)17(22)13-9-12(11-5-3-2-4-6-11)19(24)21-15(13)18(16)23/h2-9H,1H3,(H,21,24). The number of fused-ring (bicyclic) bond motifs is 2. The number of carbonyl (C=O) groups is 2. The van der Waals surface area contributed by atoms with Crippen LogP contribution in [0, 0.1) is 6.92 Å². The first-order valence-corrected chi connectivity index (χ1v) is 7.45. The van der Waals surface area contributed by atoms with Crippen molar-refractivity contribution in [2.24, 2.45) is 0 Å². The number of hydrogen-bond donors (Lipinski definition) is 1. The van der Waals surface area contributed by atoms with Gasteiger partial charge >= 0.3 is 0 Å². The summed E-state index contributed by atoms with van der Waals surface area (Å²) in [4.78, 5) is 44.5. The van der Waals surface area contributed by atoms with Crippen LogP contribution in [0.2, 0.25) is 0 Å². The van der Waals surface area contributed by atoms with Crippen molar-refractivity contribution >= 4 is 11.6 Å². The molecule has 0 unspecified atom stereocenters. The molecule has 0 aliphatic heterocycles. The Morgan fingerprint density at radius 3 is 2.42 bits per heavy atom. The van der Waals surface area contributed by atoms with Crippen LogP contribution in [0.15, 0.2) is 53.5 Å². The van der Waals surface area contributed by atoms with E-state index in [9.17, 15) is 14.4 Å². The van der Waals surface area contributed by atoms with Gasteiger partial charge in [0.1, 0.15) is 11.4 Å². The Labute approximate surface area is 137 Å². The minimum Gasteiger partial charge on any atom is -0.318 e. The van der Waals surface area contributed by atoms with Gasteiger partial charge in [0.25, 0.3) is 5.56 Å². The van der Waals surface area contributed by atoms with Crippen LogP contribution in [0.25, 0.3) is 11.1 Å². The van der Waals surface area contributed by atoms with Gasteiger partial charge in [0.2, 0.25) is 5.78 Å². The lowest BCUT2D eigenvalue weighted by atomic mass is 9.87. The molecule has 0 bridgehead atoms. The molecule has 2 heterocycles. The first kappa shape index (κ1) is 14.3. The maximum atomic E-state index is 12.9. The Morgan fingerprint density at radius 2 is 1.67 bits per heavy atom. The molecule has 1 aliphatic carbocycles. The zero-order valence-corrected chi connectivity index (χ0v) is 12.8. The van der Waals surface area contributed by atoms with Gasteiger partial charge in [-0.3, -0.25) is 19.4 Å². The van der Waals surface area contributed by atoms with E-state index >= 15 is 0 Å². The van der Waals surface area contributed by atoms with Crippen molar-refractivity contribution in [2.75, 3.05) is 0 Å². The van der Waals surface area contributed by atoms with Crippen molar-refractivity contribution in [3.8, 4) is 11.1 Å². The number of nitrogens with one attached hydrogen (secondary N) is 1. The van der Waals surface area contributed by atoms with E-state index in [4.69, 9.17) is 0 Å². The van der Waals surface area contributed by atoms with E-state index in [1.54, 1.807) is 25.1 Å². The number of pyridine rings is 2. The van der Waals surface area contributed by atoms with Gasteiger partial charge in [0, 0.05) is 11.8 Å². The second kappa shape index (κ2) is 5.09. The molecule has 0 saturated carbocycles. The number of aromatic nitrogens is 2. The number of aromatic amines is 1. The van der Waals surface area contributed by atoms with Crippen LogP contribution in [0.4, 0.5) is 0 Å². The molecule has 5 nitrogen and oxygen atoms in total. The van der Waals surface area contributed by atoms with E-state index in [0.717, 1.165) is 0 Å². The van der Waals surface area contributed by atoms with Gasteiger partial charge in [-0.05, 0) is 30.2 Å². The number of hydrogen-bond acceptors (Lipinski definition) is 4. The van der Waals surface area contributed by atoms with Crippen LogP contribution >= 0.6 is 0 Å². The van der Waals surface area contributed by atoms with Crippen molar-refractivity contribution in [3.05, 3.63) is 87.1 Å². The third-order valence-electron chi connectivity index (χ3n) is 4.20. The normalized spacial score (nSPS) is 12.7. The van der Waals surface area contributed by atoms with Crippen LogP contribution in [-0.4, -0.2) is 21.5 Å². The average Bonchev–Trinajstić information content (AvgIpc) is 2.60. The smallest absolute Gasteiger partial charge is 0.256 e. The van der Waals surface area contributed by atoms with Crippen molar-refractivity contribution in [1.82, 2.24) is 9.97 Å². The maximum Gasteiger partial charge on any atom is 0.256 e. The maximum absolute atomic E-state index is 12.9. The van der Waals surface area contributed by atoms with Crippen LogP contribution < -0.4 is 5.56 Å². The van der Waals surface area contributed by atoms with Gasteiger partial charge in [-0.1, -0.05) is 30.3 Å². The molecule has 1 N–H and O–H groups in total. The molecule has 24 heavy (non-hydrogen) atoms. The second-order valence-corrected chi connectivity index (χ2v) is 5.68. The topological polar surface area (TPSA) is 79.9 Å². The molecule has 0 atom stereocenters. The zero-order chi connectivity index (χ0) is 16.8. The molecule has 0 saturated heterocycles. The lowest BCUT2D eigenvalue weighted by Crippen LogP contribution is -2.28. The SMILES string of the molecule is Cc1ccnc2c1C(=O)c1cc(-c3ccccc3)c(=O)[nH]c1C2=O. The van der Waals surface area contributed by atoms with Gasteiger partial charge in [0.05, 0.1) is 11.1 Å². The zero-order valence-electron chi connectivity index (χ0n) is 12.8. The fraction of sp³-hybridized carbons (Fsp3) is 0.0526. The van der Waals surface area contributed by atoms with Crippen molar-refractivity contribution in [2.45, 2.75) is 6.92 Å². The lowest BCUT2D eigenvalue weighted by Gasteiger charge is -2.18. The molecule has 5 heteroatoms. The van der Waals surface area contributed by atoms with E-state index in [-0.39, 0.29) is 22.7 Å². The van der Waals surface area contributed by atoms with E-state index in [1.807, 2.05) is 18.2 Å². The van der Waals surface area contributed by atoms with Crippen molar-refractivity contribution in [1.29, 1.82) is 0 Å². The van der Waals surface area contributed by atoms with Crippen LogP contribution in [0.5, 0.6) is 0 Å². The van der Waals surface area contributed by atoms with Gasteiger partial charge < -0.3 is 4.98 Å². The molecular weight excluding hydrogens is 304 g/mol. The highest BCUT2D eigenvalue weighted by molar-refractivity contribution is 6.27. The summed E-state index contributed by atoms with van der Waals surface area (Å²) in [5, 5.41) is 0. The Balaban J connectivity index is 2.00. The summed E-state index contributed by atoms with van der Waals surface area (Å²) in [6.45, 7) is 1.76. The summed E-state index contributed by atoms with van der Waals surface area (Å²) in [6.07, 6.45) is 1.49. The van der Waals surface area contributed by atoms with E-state index in [0.29, 0.717) is 22.3 Å². The minimum absolute atomic E-state index is 0.00952. The number of rotatable bonds is 1. The molecule has 2 aromatic heterocycles. The largest absolute Gasteiger partial charge is 0.318 e. The quantitative estimate of drug-likeness (QED) is 0.585. The predicted octanol–water partition coefficient (Wildman–Crippen LogP) is 2.52. The monoisotopic (exact) mass is 316 g/mol. The second-order valence-electron chi connectivity index (χ2n) is 5.68.